The van der Waals surface area contributed by atoms with Crippen molar-refractivity contribution in [2.24, 2.45) is 0 Å². The fraction of sp³-hybridized carbons (Fsp3) is 0.250. The van der Waals surface area contributed by atoms with Crippen LogP contribution in [0.2, 0.25) is 0 Å². The van der Waals surface area contributed by atoms with Gasteiger partial charge in [-0.1, -0.05) is 18.2 Å². The van der Waals surface area contributed by atoms with E-state index in [-0.39, 0.29) is 23.9 Å². The van der Waals surface area contributed by atoms with E-state index in [4.69, 9.17) is 0 Å². The Labute approximate surface area is 158 Å². The molecule has 0 aromatic heterocycles. The van der Waals surface area contributed by atoms with E-state index >= 15 is 0 Å². The third-order valence-electron chi connectivity index (χ3n) is 3.61. The number of urea groups is 1. The average Bonchev–Trinajstić information content (AvgIpc) is 2.61. The van der Waals surface area contributed by atoms with E-state index in [1.165, 1.54) is 4.90 Å². The molecule has 0 aliphatic heterocycles. The summed E-state index contributed by atoms with van der Waals surface area (Å²) in [6.45, 7) is 3.71. The number of para-hydroxylation sites is 1. The Balaban J connectivity index is 2.17. The molecule has 4 amide bonds. The predicted octanol–water partition coefficient (Wildman–Crippen LogP) is 3.17. The summed E-state index contributed by atoms with van der Waals surface area (Å²) in [5.41, 5.74) is 1.70. The van der Waals surface area contributed by atoms with Crippen molar-refractivity contribution in [3.8, 4) is 0 Å². The number of amides is 4. The molecule has 0 atom stereocenters. The van der Waals surface area contributed by atoms with Crippen molar-refractivity contribution < 1.29 is 14.4 Å². The molecule has 2 aromatic carbocycles. The van der Waals surface area contributed by atoms with Gasteiger partial charge in [-0.15, -0.1) is 0 Å². The van der Waals surface area contributed by atoms with E-state index in [1.54, 1.807) is 62.6 Å². The molecule has 7 nitrogen and oxygen atoms in total. The number of benzene rings is 2. The SMILES string of the molecule is CC(C)NC(=O)Nc1cccc(C(=O)Nc2ccccc2C(=O)N(C)C)c1. The van der Waals surface area contributed by atoms with Gasteiger partial charge in [-0.3, -0.25) is 9.59 Å². The van der Waals surface area contributed by atoms with Crippen LogP contribution in [0.5, 0.6) is 0 Å². The molecule has 0 fully saturated rings. The molecule has 2 rings (SSSR count). The number of nitrogens with zero attached hydrogens (tertiary/aromatic N) is 1. The third-order valence-corrected chi connectivity index (χ3v) is 3.61. The number of hydrogen-bond acceptors (Lipinski definition) is 3. The number of carbonyl (C=O) groups is 3. The molecule has 7 heteroatoms. The van der Waals surface area contributed by atoms with E-state index in [2.05, 4.69) is 16.0 Å². The Morgan fingerprint density at radius 1 is 0.926 bits per heavy atom. The molecule has 0 aliphatic carbocycles. The van der Waals surface area contributed by atoms with E-state index in [0.717, 1.165) is 0 Å². The first-order chi connectivity index (χ1) is 12.8. The maximum absolute atomic E-state index is 12.6. The molecular weight excluding hydrogens is 344 g/mol. The number of nitrogens with one attached hydrogen (secondary N) is 3. The van der Waals surface area contributed by atoms with Gasteiger partial charge in [-0.25, -0.2) is 4.79 Å². The van der Waals surface area contributed by atoms with Crippen LogP contribution in [0.1, 0.15) is 34.6 Å². The van der Waals surface area contributed by atoms with Crippen LogP contribution in [0.15, 0.2) is 48.5 Å². The van der Waals surface area contributed by atoms with E-state index < -0.39 is 0 Å². The first-order valence-electron chi connectivity index (χ1n) is 8.57. The second kappa shape index (κ2) is 8.84. The first-order valence-corrected chi connectivity index (χ1v) is 8.57. The van der Waals surface area contributed by atoms with Gasteiger partial charge in [0, 0.05) is 31.4 Å². The highest BCUT2D eigenvalue weighted by Gasteiger charge is 2.15. The largest absolute Gasteiger partial charge is 0.345 e. The summed E-state index contributed by atoms with van der Waals surface area (Å²) in [4.78, 5) is 38.1. The Morgan fingerprint density at radius 3 is 2.30 bits per heavy atom. The Bertz CT molecular complexity index is 847. The van der Waals surface area contributed by atoms with Crippen molar-refractivity contribution in [2.75, 3.05) is 24.7 Å². The molecule has 0 aliphatic rings. The standard InChI is InChI=1S/C20H24N4O3/c1-13(2)21-20(27)22-15-9-7-8-14(12-15)18(25)23-17-11-6-5-10-16(17)19(26)24(3)4/h5-13H,1-4H3,(H,23,25)(H2,21,22,27). The van der Waals surface area contributed by atoms with Gasteiger partial charge in [-0.05, 0) is 44.2 Å². The van der Waals surface area contributed by atoms with Crippen molar-refractivity contribution in [1.29, 1.82) is 0 Å². The average molecular weight is 368 g/mol. The molecule has 27 heavy (non-hydrogen) atoms. The molecular formula is C20H24N4O3. The summed E-state index contributed by atoms with van der Waals surface area (Å²) >= 11 is 0. The summed E-state index contributed by atoms with van der Waals surface area (Å²) in [6.07, 6.45) is 0. The zero-order valence-corrected chi connectivity index (χ0v) is 15.9. The number of carbonyl (C=O) groups excluding carboxylic acids is 3. The van der Waals surface area contributed by atoms with Crippen LogP contribution in [0.25, 0.3) is 0 Å². The van der Waals surface area contributed by atoms with Crippen LogP contribution in [0, 0.1) is 0 Å². The van der Waals surface area contributed by atoms with E-state index in [1.807, 2.05) is 13.8 Å². The molecule has 0 spiro atoms. The quantitative estimate of drug-likeness (QED) is 0.757. The highest BCUT2D eigenvalue weighted by molar-refractivity contribution is 6.09. The molecule has 3 N–H and O–H groups in total. The van der Waals surface area contributed by atoms with Crippen LogP contribution in [0.3, 0.4) is 0 Å². The van der Waals surface area contributed by atoms with E-state index in [0.29, 0.717) is 22.5 Å². The second-order valence-electron chi connectivity index (χ2n) is 6.53. The fourth-order valence-electron chi connectivity index (χ4n) is 2.38. The Hall–Kier alpha value is -3.35. The van der Waals surface area contributed by atoms with Crippen molar-refractivity contribution in [3.05, 3.63) is 59.7 Å². The minimum Gasteiger partial charge on any atom is -0.345 e. The van der Waals surface area contributed by atoms with Gasteiger partial charge in [0.1, 0.15) is 0 Å². The normalized spacial score (nSPS) is 10.3. The van der Waals surface area contributed by atoms with Gasteiger partial charge in [-0.2, -0.15) is 0 Å². The zero-order chi connectivity index (χ0) is 20.0. The van der Waals surface area contributed by atoms with E-state index in [9.17, 15) is 14.4 Å². The summed E-state index contributed by atoms with van der Waals surface area (Å²) in [5.74, 6) is -0.575. The van der Waals surface area contributed by atoms with Crippen molar-refractivity contribution >= 4 is 29.2 Å². The highest BCUT2D eigenvalue weighted by Crippen LogP contribution is 2.19. The molecule has 0 unspecified atom stereocenters. The minimum atomic E-state index is -0.373. The van der Waals surface area contributed by atoms with Crippen molar-refractivity contribution in [1.82, 2.24) is 10.2 Å². The molecule has 2 aromatic rings. The van der Waals surface area contributed by atoms with Crippen LogP contribution in [0.4, 0.5) is 16.2 Å². The minimum absolute atomic E-state index is 0.00205. The summed E-state index contributed by atoms with van der Waals surface area (Å²) in [7, 11) is 3.30. The van der Waals surface area contributed by atoms with Crippen LogP contribution < -0.4 is 16.0 Å². The molecule has 142 valence electrons. The topological polar surface area (TPSA) is 90.5 Å². The van der Waals surface area contributed by atoms with Gasteiger partial charge in [0.05, 0.1) is 11.3 Å². The monoisotopic (exact) mass is 368 g/mol. The second-order valence-corrected chi connectivity index (χ2v) is 6.53. The first kappa shape index (κ1) is 20.0. The van der Waals surface area contributed by atoms with Crippen molar-refractivity contribution in [3.63, 3.8) is 0 Å². The number of anilines is 2. The molecule has 0 saturated heterocycles. The van der Waals surface area contributed by atoms with Gasteiger partial charge in [0.25, 0.3) is 11.8 Å². The maximum Gasteiger partial charge on any atom is 0.319 e. The lowest BCUT2D eigenvalue weighted by molar-refractivity contribution is 0.0828. The van der Waals surface area contributed by atoms with Gasteiger partial charge < -0.3 is 20.9 Å². The predicted molar refractivity (Wildman–Crippen MR) is 106 cm³/mol. The summed E-state index contributed by atoms with van der Waals surface area (Å²) < 4.78 is 0. The molecule has 0 heterocycles. The summed E-state index contributed by atoms with van der Waals surface area (Å²) in [6, 6.07) is 13.1. The lowest BCUT2D eigenvalue weighted by atomic mass is 10.1. The molecule has 0 bridgehead atoms. The number of hydrogen-bond donors (Lipinski definition) is 3. The lowest BCUT2D eigenvalue weighted by Gasteiger charge is -2.15. The maximum atomic E-state index is 12.6. The van der Waals surface area contributed by atoms with Crippen molar-refractivity contribution in [2.45, 2.75) is 19.9 Å². The lowest BCUT2D eigenvalue weighted by Crippen LogP contribution is -2.34. The van der Waals surface area contributed by atoms with Gasteiger partial charge in [0.2, 0.25) is 0 Å². The Kier molecular flexibility index (Phi) is 6.54. The van der Waals surface area contributed by atoms with Gasteiger partial charge >= 0.3 is 6.03 Å². The molecule has 0 saturated carbocycles. The third kappa shape index (κ3) is 5.57. The zero-order valence-electron chi connectivity index (χ0n) is 15.9. The molecule has 0 radical (unpaired) electrons. The summed E-state index contributed by atoms with van der Waals surface area (Å²) in [5, 5.41) is 8.16. The smallest absolute Gasteiger partial charge is 0.319 e. The Morgan fingerprint density at radius 2 is 1.63 bits per heavy atom. The number of rotatable bonds is 5. The highest BCUT2D eigenvalue weighted by atomic mass is 16.2. The van der Waals surface area contributed by atoms with Crippen LogP contribution in [-0.2, 0) is 0 Å². The van der Waals surface area contributed by atoms with Crippen LogP contribution >= 0.6 is 0 Å². The fourth-order valence-corrected chi connectivity index (χ4v) is 2.38. The van der Waals surface area contributed by atoms with Gasteiger partial charge in [0.15, 0.2) is 0 Å². The van der Waals surface area contributed by atoms with Crippen LogP contribution in [-0.4, -0.2) is 42.9 Å².